The Morgan fingerprint density at radius 3 is 2.34 bits per heavy atom. The summed E-state index contributed by atoms with van der Waals surface area (Å²) in [5.41, 5.74) is 0.963. The van der Waals surface area contributed by atoms with E-state index in [1.54, 1.807) is 37.4 Å². The highest BCUT2D eigenvalue weighted by atomic mass is 35.5. The van der Waals surface area contributed by atoms with Gasteiger partial charge in [0.05, 0.1) is 38.6 Å². The molecule has 0 aliphatic carbocycles. The molecule has 1 aromatic heterocycles. The Bertz CT molecular complexity index is 1110. The lowest BCUT2D eigenvalue weighted by Gasteiger charge is -2.13. The normalized spacial score (nSPS) is 10.2. The first-order chi connectivity index (χ1) is 15.4. The van der Waals surface area contributed by atoms with Crippen LogP contribution in [0.15, 0.2) is 36.4 Å². The number of methoxy groups -OCH3 is 3. The van der Waals surface area contributed by atoms with E-state index in [0.717, 1.165) is 11.3 Å². The van der Waals surface area contributed by atoms with E-state index >= 15 is 0 Å². The number of urea groups is 1. The average Bonchev–Trinajstić information content (AvgIpc) is 3.28. The Labute approximate surface area is 192 Å². The van der Waals surface area contributed by atoms with Gasteiger partial charge in [-0.25, -0.2) is 4.79 Å². The van der Waals surface area contributed by atoms with Crippen molar-refractivity contribution in [2.24, 2.45) is 0 Å². The van der Waals surface area contributed by atoms with Gasteiger partial charge in [0.2, 0.25) is 5.01 Å². The van der Waals surface area contributed by atoms with Crippen molar-refractivity contribution in [3.05, 3.63) is 51.4 Å². The first-order valence-electron chi connectivity index (χ1n) is 9.17. The van der Waals surface area contributed by atoms with Crippen LogP contribution in [-0.4, -0.2) is 43.5 Å². The van der Waals surface area contributed by atoms with Crippen LogP contribution in [0.4, 0.5) is 16.2 Å². The largest absolute Gasteiger partial charge is 0.497 e. The van der Waals surface area contributed by atoms with E-state index < -0.39 is 11.9 Å². The summed E-state index contributed by atoms with van der Waals surface area (Å²) in [6, 6.07) is 9.46. The van der Waals surface area contributed by atoms with Gasteiger partial charge in [-0.15, -0.1) is 10.2 Å². The second-order valence-electron chi connectivity index (χ2n) is 6.18. The number of halogens is 1. The van der Waals surface area contributed by atoms with E-state index in [4.69, 9.17) is 25.8 Å². The minimum absolute atomic E-state index is 0.0749. The molecule has 0 aliphatic rings. The van der Waals surface area contributed by atoms with Crippen molar-refractivity contribution >= 4 is 46.3 Å². The van der Waals surface area contributed by atoms with Crippen molar-refractivity contribution in [2.45, 2.75) is 6.54 Å². The molecule has 2 aromatic carbocycles. The van der Waals surface area contributed by atoms with Crippen LogP contribution in [0.2, 0.25) is 5.02 Å². The number of carbonyl (C=O) groups excluding carboxylic acids is 2. The van der Waals surface area contributed by atoms with Crippen LogP contribution in [0.25, 0.3) is 0 Å². The molecule has 0 saturated carbocycles. The minimum atomic E-state index is -0.510. The van der Waals surface area contributed by atoms with Crippen LogP contribution >= 0.6 is 22.9 Å². The first kappa shape index (κ1) is 23.1. The number of amides is 3. The molecule has 10 nitrogen and oxygen atoms in total. The van der Waals surface area contributed by atoms with Crippen molar-refractivity contribution < 1.29 is 23.8 Å². The zero-order valence-electron chi connectivity index (χ0n) is 17.4. The fraction of sp³-hybridized carbons (Fsp3) is 0.200. The first-order valence-corrected chi connectivity index (χ1v) is 10.4. The number of hydrogen-bond donors (Lipinski definition) is 3. The molecule has 0 bridgehead atoms. The topological polar surface area (TPSA) is 124 Å². The lowest BCUT2D eigenvalue weighted by atomic mass is 10.2. The van der Waals surface area contributed by atoms with E-state index in [0.29, 0.717) is 38.7 Å². The molecule has 3 amide bonds. The average molecular weight is 478 g/mol. The van der Waals surface area contributed by atoms with E-state index in [2.05, 4.69) is 26.1 Å². The number of anilines is 2. The zero-order valence-corrected chi connectivity index (χ0v) is 19.0. The summed E-state index contributed by atoms with van der Waals surface area (Å²) in [4.78, 5) is 24.6. The number of benzene rings is 2. The third kappa shape index (κ3) is 5.77. The Balaban J connectivity index is 1.56. The molecule has 1 heterocycles. The highest BCUT2D eigenvalue weighted by Gasteiger charge is 2.15. The fourth-order valence-corrected chi connectivity index (χ4v) is 3.47. The molecular weight excluding hydrogens is 458 g/mol. The maximum Gasteiger partial charge on any atom is 0.319 e. The van der Waals surface area contributed by atoms with Crippen molar-refractivity contribution in [2.75, 3.05) is 32.0 Å². The number of nitrogens with one attached hydrogen (secondary N) is 3. The Hall–Kier alpha value is -3.57. The molecule has 0 radical (unpaired) electrons. The number of carbonyl (C=O) groups is 2. The maximum atomic E-state index is 12.3. The van der Waals surface area contributed by atoms with E-state index in [9.17, 15) is 9.59 Å². The van der Waals surface area contributed by atoms with Gasteiger partial charge < -0.3 is 30.2 Å². The molecule has 0 atom stereocenters. The predicted octanol–water partition coefficient (Wildman–Crippen LogP) is 3.79. The quantitative estimate of drug-likeness (QED) is 0.451. The third-order valence-electron chi connectivity index (χ3n) is 4.13. The monoisotopic (exact) mass is 477 g/mol. The van der Waals surface area contributed by atoms with Gasteiger partial charge in [0.1, 0.15) is 22.3 Å². The summed E-state index contributed by atoms with van der Waals surface area (Å²) < 4.78 is 15.5. The molecule has 0 fully saturated rings. The van der Waals surface area contributed by atoms with Gasteiger partial charge in [-0.3, -0.25) is 4.79 Å². The molecule has 0 aliphatic heterocycles. The molecule has 12 heteroatoms. The van der Waals surface area contributed by atoms with E-state index in [1.165, 1.54) is 20.3 Å². The predicted molar refractivity (Wildman–Crippen MR) is 121 cm³/mol. The third-order valence-corrected chi connectivity index (χ3v) is 5.35. The van der Waals surface area contributed by atoms with Crippen molar-refractivity contribution in [3.63, 3.8) is 0 Å². The highest BCUT2D eigenvalue weighted by Crippen LogP contribution is 2.35. The summed E-state index contributed by atoms with van der Waals surface area (Å²) in [6.45, 7) is 0.0749. The summed E-state index contributed by atoms with van der Waals surface area (Å²) >= 11 is 7.17. The van der Waals surface area contributed by atoms with Gasteiger partial charge in [0.15, 0.2) is 0 Å². The molecule has 0 unspecified atom stereocenters. The molecule has 3 aromatic rings. The van der Waals surface area contributed by atoms with Crippen LogP contribution in [0.5, 0.6) is 17.2 Å². The van der Waals surface area contributed by atoms with Crippen LogP contribution in [0, 0.1) is 0 Å². The van der Waals surface area contributed by atoms with Gasteiger partial charge in [-0.1, -0.05) is 22.9 Å². The molecule has 0 saturated heterocycles. The Kier molecular flexibility index (Phi) is 7.68. The van der Waals surface area contributed by atoms with E-state index in [1.807, 2.05) is 0 Å². The summed E-state index contributed by atoms with van der Waals surface area (Å²) in [6.07, 6.45) is 0. The van der Waals surface area contributed by atoms with Crippen LogP contribution in [-0.2, 0) is 6.54 Å². The van der Waals surface area contributed by atoms with Gasteiger partial charge >= 0.3 is 6.03 Å². The second-order valence-corrected chi connectivity index (χ2v) is 7.65. The highest BCUT2D eigenvalue weighted by molar-refractivity contribution is 7.13. The molecule has 3 rings (SSSR count). The van der Waals surface area contributed by atoms with Gasteiger partial charge in [0, 0.05) is 11.8 Å². The zero-order chi connectivity index (χ0) is 23.1. The molecule has 168 valence electrons. The number of hydrogen-bond acceptors (Lipinski definition) is 8. The van der Waals surface area contributed by atoms with Gasteiger partial charge in [0.25, 0.3) is 5.91 Å². The molecular formula is C20H20ClN5O5S. The number of nitrogens with zero attached hydrogens (tertiary/aromatic N) is 2. The SMILES string of the molecule is COc1ccc(NC(=O)c2nnc(CNC(=O)Nc3cc(Cl)c(OC)cc3OC)s2)cc1. The molecule has 32 heavy (non-hydrogen) atoms. The summed E-state index contributed by atoms with van der Waals surface area (Å²) in [7, 11) is 4.51. The fourth-order valence-electron chi connectivity index (χ4n) is 2.56. The summed E-state index contributed by atoms with van der Waals surface area (Å²) in [5, 5.41) is 16.8. The summed E-state index contributed by atoms with van der Waals surface area (Å²) in [5.74, 6) is 1.08. The van der Waals surface area contributed by atoms with Crippen LogP contribution < -0.4 is 30.2 Å². The van der Waals surface area contributed by atoms with Crippen molar-refractivity contribution in [1.29, 1.82) is 0 Å². The maximum absolute atomic E-state index is 12.3. The molecule has 3 N–H and O–H groups in total. The van der Waals surface area contributed by atoms with E-state index in [-0.39, 0.29) is 11.6 Å². The standard InChI is InChI=1S/C20H20ClN5O5S/c1-29-12-6-4-11(5-7-12)23-18(27)19-26-25-17(32-19)10-22-20(28)24-14-8-13(21)15(30-2)9-16(14)31-3/h4-9H,10H2,1-3H3,(H,23,27)(H2,22,24,28). The van der Waals surface area contributed by atoms with Crippen LogP contribution in [0.3, 0.4) is 0 Å². The van der Waals surface area contributed by atoms with Crippen LogP contribution in [0.1, 0.15) is 14.8 Å². The Morgan fingerprint density at radius 2 is 1.69 bits per heavy atom. The minimum Gasteiger partial charge on any atom is -0.497 e. The number of aromatic nitrogens is 2. The smallest absolute Gasteiger partial charge is 0.319 e. The lowest BCUT2D eigenvalue weighted by Crippen LogP contribution is -2.28. The lowest BCUT2D eigenvalue weighted by molar-refractivity contribution is 0.102. The Morgan fingerprint density at radius 1 is 0.969 bits per heavy atom. The number of ether oxygens (including phenoxy) is 3. The van der Waals surface area contributed by atoms with Gasteiger partial charge in [-0.2, -0.15) is 0 Å². The second kappa shape index (κ2) is 10.6. The van der Waals surface area contributed by atoms with Gasteiger partial charge in [-0.05, 0) is 30.3 Å². The van der Waals surface area contributed by atoms with Crippen molar-refractivity contribution in [1.82, 2.24) is 15.5 Å². The number of rotatable bonds is 8. The molecule has 0 spiro atoms. The van der Waals surface area contributed by atoms with Crippen molar-refractivity contribution in [3.8, 4) is 17.2 Å².